The van der Waals surface area contributed by atoms with E-state index in [1.807, 2.05) is 25.4 Å². The first kappa shape index (κ1) is 16.9. The van der Waals surface area contributed by atoms with Gasteiger partial charge in [-0.2, -0.15) is 13.9 Å². The molecule has 0 amide bonds. The molecule has 0 spiro atoms. The summed E-state index contributed by atoms with van der Waals surface area (Å²) in [6, 6.07) is 10.1. The average Bonchev–Trinajstić information content (AvgIpc) is 2.99. The molecule has 0 N–H and O–H groups in total. The first-order valence-electron chi connectivity index (χ1n) is 7.62. The number of hydrogen-bond donors (Lipinski definition) is 0. The molecule has 0 saturated carbocycles. The van der Waals surface area contributed by atoms with E-state index in [1.54, 1.807) is 30.1 Å². The summed E-state index contributed by atoms with van der Waals surface area (Å²) in [4.78, 5) is 4.63. The van der Waals surface area contributed by atoms with E-state index in [2.05, 4.69) is 14.8 Å². The van der Waals surface area contributed by atoms with Gasteiger partial charge in [0.05, 0.1) is 13.3 Å². The lowest BCUT2D eigenvalue weighted by atomic mass is 10.1. The second kappa shape index (κ2) is 7.29. The Morgan fingerprint density at radius 2 is 2.04 bits per heavy atom. The smallest absolute Gasteiger partial charge is 0.387 e. The maximum absolute atomic E-state index is 12.4. The Morgan fingerprint density at radius 3 is 2.72 bits per heavy atom. The number of aryl methyl sites for hydroxylation is 1. The number of hydrogen-bond acceptors (Lipinski definition) is 4. The fraction of sp³-hybridized carbons (Fsp3) is 0.222. The van der Waals surface area contributed by atoms with Crippen molar-refractivity contribution in [2.24, 2.45) is 7.05 Å². The lowest BCUT2D eigenvalue weighted by Gasteiger charge is -2.11. The Morgan fingerprint density at radius 1 is 1.20 bits per heavy atom. The standard InChI is InChI=1S/C18H17F2N3O2/c1-23-11-12(10-21-23)8-14-6-7-16(24-2)17(22-14)13-4-3-5-15(9-13)25-18(19)20/h3-7,9-11,18H,8H2,1-2H3. The molecule has 0 unspecified atom stereocenters. The lowest BCUT2D eigenvalue weighted by Crippen LogP contribution is -2.02. The van der Waals surface area contributed by atoms with Gasteiger partial charge in [0.1, 0.15) is 17.2 Å². The highest BCUT2D eigenvalue weighted by molar-refractivity contribution is 5.68. The molecule has 3 rings (SSSR count). The number of nitrogens with zero attached hydrogens (tertiary/aromatic N) is 3. The number of methoxy groups -OCH3 is 1. The summed E-state index contributed by atoms with van der Waals surface area (Å²) in [5.74, 6) is 0.637. The van der Waals surface area contributed by atoms with E-state index >= 15 is 0 Å². The molecular formula is C18H17F2N3O2. The van der Waals surface area contributed by atoms with Gasteiger partial charge in [0.25, 0.3) is 0 Å². The average molecular weight is 345 g/mol. The van der Waals surface area contributed by atoms with Gasteiger partial charge in [-0.1, -0.05) is 12.1 Å². The highest BCUT2D eigenvalue weighted by Crippen LogP contribution is 2.31. The third kappa shape index (κ3) is 4.12. The monoisotopic (exact) mass is 345 g/mol. The van der Waals surface area contributed by atoms with Crippen LogP contribution in [-0.4, -0.2) is 28.5 Å². The molecule has 0 saturated heterocycles. The number of pyridine rings is 1. The van der Waals surface area contributed by atoms with Crippen LogP contribution < -0.4 is 9.47 Å². The molecule has 2 aromatic heterocycles. The number of ether oxygens (including phenoxy) is 2. The van der Waals surface area contributed by atoms with Gasteiger partial charge in [0.15, 0.2) is 0 Å². The van der Waals surface area contributed by atoms with E-state index in [1.165, 1.54) is 12.1 Å². The van der Waals surface area contributed by atoms with E-state index in [9.17, 15) is 8.78 Å². The minimum Gasteiger partial charge on any atom is -0.494 e. The van der Waals surface area contributed by atoms with E-state index in [0.717, 1.165) is 11.3 Å². The van der Waals surface area contributed by atoms with Gasteiger partial charge in [-0.05, 0) is 29.8 Å². The van der Waals surface area contributed by atoms with Gasteiger partial charge in [-0.3, -0.25) is 4.68 Å². The van der Waals surface area contributed by atoms with Crippen LogP contribution in [0, 0.1) is 0 Å². The van der Waals surface area contributed by atoms with Gasteiger partial charge in [0, 0.05) is 30.9 Å². The van der Waals surface area contributed by atoms with Crippen molar-refractivity contribution in [3.63, 3.8) is 0 Å². The van der Waals surface area contributed by atoms with Gasteiger partial charge < -0.3 is 9.47 Å². The van der Waals surface area contributed by atoms with Gasteiger partial charge in [-0.25, -0.2) is 4.98 Å². The fourth-order valence-corrected chi connectivity index (χ4v) is 2.55. The summed E-state index contributed by atoms with van der Waals surface area (Å²) in [5.41, 5.74) is 3.07. The van der Waals surface area contributed by atoms with Crippen molar-refractivity contribution in [3.05, 3.63) is 60.0 Å². The van der Waals surface area contributed by atoms with Crippen molar-refractivity contribution in [1.82, 2.24) is 14.8 Å². The first-order chi connectivity index (χ1) is 12.0. The molecule has 130 valence electrons. The Hall–Kier alpha value is -2.96. The molecule has 0 aliphatic heterocycles. The van der Waals surface area contributed by atoms with Crippen LogP contribution in [-0.2, 0) is 13.5 Å². The number of rotatable bonds is 6. The molecule has 0 bridgehead atoms. The first-order valence-corrected chi connectivity index (χ1v) is 7.62. The fourth-order valence-electron chi connectivity index (χ4n) is 2.55. The molecule has 0 radical (unpaired) electrons. The Kier molecular flexibility index (Phi) is 4.92. The summed E-state index contributed by atoms with van der Waals surface area (Å²) >= 11 is 0. The second-order valence-electron chi connectivity index (χ2n) is 5.46. The van der Waals surface area contributed by atoms with Crippen molar-refractivity contribution in [1.29, 1.82) is 0 Å². The number of aromatic nitrogens is 3. The van der Waals surface area contributed by atoms with Crippen LogP contribution in [0.4, 0.5) is 8.78 Å². The summed E-state index contributed by atoms with van der Waals surface area (Å²) in [6.07, 6.45) is 4.31. The number of benzene rings is 1. The molecule has 0 aliphatic carbocycles. The predicted octanol–water partition coefficient (Wildman–Crippen LogP) is 3.68. The quantitative estimate of drug-likeness (QED) is 0.684. The SMILES string of the molecule is COc1ccc(Cc2cnn(C)c2)nc1-c1cccc(OC(F)F)c1. The van der Waals surface area contributed by atoms with E-state index in [0.29, 0.717) is 23.4 Å². The Bertz CT molecular complexity index is 865. The van der Waals surface area contributed by atoms with E-state index < -0.39 is 6.61 Å². The molecule has 1 aromatic carbocycles. The summed E-state index contributed by atoms with van der Waals surface area (Å²) < 4.78 is 36.4. The Balaban J connectivity index is 1.95. The normalized spacial score (nSPS) is 10.9. The zero-order valence-corrected chi connectivity index (χ0v) is 13.8. The van der Waals surface area contributed by atoms with Gasteiger partial charge in [-0.15, -0.1) is 0 Å². The third-order valence-corrected chi connectivity index (χ3v) is 3.61. The van der Waals surface area contributed by atoms with Gasteiger partial charge in [0.2, 0.25) is 0 Å². The molecular weight excluding hydrogens is 328 g/mol. The van der Waals surface area contributed by atoms with Crippen molar-refractivity contribution >= 4 is 0 Å². The molecule has 3 aromatic rings. The lowest BCUT2D eigenvalue weighted by molar-refractivity contribution is -0.0498. The van der Waals surface area contributed by atoms with Gasteiger partial charge >= 0.3 is 6.61 Å². The minimum absolute atomic E-state index is 0.0778. The maximum atomic E-state index is 12.4. The minimum atomic E-state index is -2.87. The summed E-state index contributed by atoms with van der Waals surface area (Å²) in [6.45, 7) is -2.87. The highest BCUT2D eigenvalue weighted by atomic mass is 19.3. The third-order valence-electron chi connectivity index (χ3n) is 3.61. The topological polar surface area (TPSA) is 49.2 Å². The number of halogens is 2. The number of alkyl halides is 2. The van der Waals surface area contributed by atoms with Crippen LogP contribution in [0.3, 0.4) is 0 Å². The molecule has 2 heterocycles. The van der Waals surface area contributed by atoms with Crippen molar-refractivity contribution in [3.8, 4) is 22.8 Å². The summed E-state index contributed by atoms with van der Waals surface area (Å²) in [5, 5.41) is 4.14. The zero-order valence-electron chi connectivity index (χ0n) is 13.8. The van der Waals surface area contributed by atoms with E-state index in [-0.39, 0.29) is 5.75 Å². The summed E-state index contributed by atoms with van der Waals surface area (Å²) in [7, 11) is 3.39. The molecule has 7 heteroatoms. The van der Waals surface area contributed by atoms with Crippen LogP contribution in [0.15, 0.2) is 48.8 Å². The molecule has 0 atom stereocenters. The van der Waals surface area contributed by atoms with Crippen LogP contribution in [0.1, 0.15) is 11.3 Å². The largest absolute Gasteiger partial charge is 0.494 e. The van der Waals surface area contributed by atoms with Crippen LogP contribution in [0.2, 0.25) is 0 Å². The molecule has 0 fully saturated rings. The van der Waals surface area contributed by atoms with Crippen LogP contribution in [0.5, 0.6) is 11.5 Å². The molecule has 5 nitrogen and oxygen atoms in total. The van der Waals surface area contributed by atoms with E-state index in [4.69, 9.17) is 4.74 Å². The predicted molar refractivity (Wildman–Crippen MR) is 88.9 cm³/mol. The zero-order chi connectivity index (χ0) is 17.8. The van der Waals surface area contributed by atoms with Crippen molar-refractivity contribution < 1.29 is 18.3 Å². The molecule has 0 aliphatic rings. The Labute approximate surface area is 143 Å². The highest BCUT2D eigenvalue weighted by Gasteiger charge is 2.12. The maximum Gasteiger partial charge on any atom is 0.387 e. The second-order valence-corrected chi connectivity index (χ2v) is 5.46. The van der Waals surface area contributed by atoms with Crippen molar-refractivity contribution in [2.45, 2.75) is 13.0 Å². The molecule has 25 heavy (non-hydrogen) atoms. The van der Waals surface area contributed by atoms with Crippen molar-refractivity contribution in [2.75, 3.05) is 7.11 Å². The van der Waals surface area contributed by atoms with Crippen LogP contribution >= 0.6 is 0 Å². The van der Waals surface area contributed by atoms with Crippen LogP contribution in [0.25, 0.3) is 11.3 Å².